The summed E-state index contributed by atoms with van der Waals surface area (Å²) in [6.45, 7) is 0. The highest BCUT2D eigenvalue weighted by molar-refractivity contribution is 6.31. The van der Waals surface area contributed by atoms with E-state index in [-0.39, 0.29) is 24.1 Å². The number of nitrogens with zero attached hydrogens (tertiary/aromatic N) is 2. The van der Waals surface area contributed by atoms with Crippen LogP contribution in [0, 0.1) is 29.6 Å². The number of aromatic hydroxyl groups is 1. The molecule has 0 radical (unpaired) electrons. The molecule has 0 bridgehead atoms. The van der Waals surface area contributed by atoms with Gasteiger partial charge in [0.05, 0.1) is 35.0 Å². The van der Waals surface area contributed by atoms with E-state index < -0.39 is 77.0 Å². The number of halogens is 5. The number of rotatable bonds is 4. The Morgan fingerprint density at radius 2 is 1.26 bits per heavy atom. The van der Waals surface area contributed by atoms with Gasteiger partial charge in [-0.25, -0.2) is 0 Å². The lowest BCUT2D eigenvalue weighted by atomic mass is 9.57. The van der Waals surface area contributed by atoms with Crippen molar-refractivity contribution in [2.75, 3.05) is 9.80 Å². The number of imide groups is 2. The van der Waals surface area contributed by atoms with Gasteiger partial charge in [0.15, 0.2) is 0 Å². The van der Waals surface area contributed by atoms with E-state index in [1.54, 1.807) is 30.3 Å². The Hall–Kier alpha value is -4.35. The van der Waals surface area contributed by atoms with Crippen LogP contribution < -0.4 is 14.5 Å². The highest BCUT2D eigenvalue weighted by atomic mass is 35.5. The van der Waals surface area contributed by atoms with Crippen molar-refractivity contribution < 1.29 is 42.2 Å². The van der Waals surface area contributed by atoms with Gasteiger partial charge in [-0.1, -0.05) is 34.9 Å². The predicted molar refractivity (Wildman–Crippen MR) is 160 cm³/mol. The van der Waals surface area contributed by atoms with Crippen LogP contribution in [0.1, 0.15) is 24.3 Å². The van der Waals surface area contributed by atoms with Gasteiger partial charge in [0.25, 0.3) is 0 Å². The van der Waals surface area contributed by atoms with E-state index >= 15 is 0 Å². The summed E-state index contributed by atoms with van der Waals surface area (Å²) in [6, 6.07) is 15.2. The molecule has 8 nitrogen and oxygen atoms in total. The quantitative estimate of drug-likeness (QED) is 0.246. The lowest BCUT2D eigenvalue weighted by Crippen LogP contribution is -2.43. The number of allylic oxidation sites excluding steroid dienone is 2. The van der Waals surface area contributed by atoms with E-state index in [1.165, 1.54) is 24.3 Å². The van der Waals surface area contributed by atoms with Crippen molar-refractivity contribution in [1.29, 1.82) is 0 Å². The average Bonchev–Trinajstić information content (AvgIpc) is 3.41. The fourth-order valence-corrected chi connectivity index (χ4v) is 7.86. The second-order valence-corrected chi connectivity index (χ2v) is 12.6. The first kappa shape index (κ1) is 30.3. The molecule has 4 aliphatic rings. The summed E-state index contributed by atoms with van der Waals surface area (Å²) in [5.74, 6) is -8.74. The molecule has 2 saturated heterocycles. The average molecular weight is 671 g/mol. The number of ether oxygens (including phenoxy) is 1. The van der Waals surface area contributed by atoms with Gasteiger partial charge >= 0.3 is 6.36 Å². The summed E-state index contributed by atoms with van der Waals surface area (Å²) in [5, 5.41) is 11.8. The zero-order chi connectivity index (χ0) is 32.7. The van der Waals surface area contributed by atoms with E-state index in [1.807, 2.05) is 0 Å². The molecule has 3 aromatic rings. The molecule has 2 heterocycles. The molecule has 2 aliphatic carbocycles. The first-order valence-electron chi connectivity index (χ1n) is 14.4. The maximum atomic E-state index is 14.1. The molecular formula is C33H23Cl2F3N2O6. The molecule has 6 unspecified atom stereocenters. The smallest absolute Gasteiger partial charge is 0.508 e. The minimum atomic E-state index is -5.03. The maximum absolute atomic E-state index is 14.1. The monoisotopic (exact) mass is 670 g/mol. The Morgan fingerprint density at radius 1 is 0.717 bits per heavy atom. The first-order chi connectivity index (χ1) is 21.8. The largest absolute Gasteiger partial charge is 0.573 e. The molecular weight excluding hydrogens is 648 g/mol. The van der Waals surface area contributed by atoms with Gasteiger partial charge in [-0.15, -0.1) is 13.2 Å². The van der Waals surface area contributed by atoms with Crippen molar-refractivity contribution in [3.8, 4) is 11.5 Å². The third-order valence-electron chi connectivity index (χ3n) is 9.39. The van der Waals surface area contributed by atoms with Crippen LogP contribution in [0.4, 0.5) is 24.5 Å². The second kappa shape index (κ2) is 10.9. The molecule has 7 rings (SSSR count). The van der Waals surface area contributed by atoms with Gasteiger partial charge in [0.1, 0.15) is 11.5 Å². The van der Waals surface area contributed by atoms with Crippen molar-refractivity contribution in [1.82, 2.24) is 0 Å². The van der Waals surface area contributed by atoms with Crippen molar-refractivity contribution in [3.63, 3.8) is 0 Å². The number of alkyl halides is 3. The molecule has 13 heteroatoms. The summed E-state index contributed by atoms with van der Waals surface area (Å²) in [4.78, 5) is 58.0. The van der Waals surface area contributed by atoms with E-state index in [4.69, 9.17) is 23.2 Å². The molecule has 3 aromatic carbocycles. The normalized spacial score (nSPS) is 27.4. The van der Waals surface area contributed by atoms with Crippen molar-refractivity contribution in [2.24, 2.45) is 29.6 Å². The van der Waals surface area contributed by atoms with Gasteiger partial charge in [-0.2, -0.15) is 0 Å². The number of benzene rings is 3. The Balaban J connectivity index is 1.35. The van der Waals surface area contributed by atoms with Crippen LogP contribution in [0.5, 0.6) is 11.5 Å². The topological polar surface area (TPSA) is 104 Å². The van der Waals surface area contributed by atoms with Crippen molar-refractivity contribution in [2.45, 2.75) is 25.1 Å². The molecule has 4 amide bonds. The number of phenols is 1. The van der Waals surface area contributed by atoms with Crippen LogP contribution in [-0.4, -0.2) is 35.1 Å². The molecule has 236 valence electrons. The number of hydrogen-bond donors (Lipinski definition) is 1. The summed E-state index contributed by atoms with van der Waals surface area (Å²) >= 11 is 12.1. The predicted octanol–water partition coefficient (Wildman–Crippen LogP) is 6.64. The zero-order valence-electron chi connectivity index (χ0n) is 23.6. The van der Waals surface area contributed by atoms with Crippen LogP contribution in [0.15, 0.2) is 78.4 Å². The van der Waals surface area contributed by atoms with Gasteiger partial charge < -0.3 is 9.84 Å². The summed E-state index contributed by atoms with van der Waals surface area (Å²) < 4.78 is 43.8. The van der Waals surface area contributed by atoms with Gasteiger partial charge in [-0.05, 0) is 85.5 Å². The Bertz CT molecular complexity index is 1830. The van der Waals surface area contributed by atoms with Crippen molar-refractivity contribution in [3.05, 3.63) is 94.0 Å². The first-order valence-corrected chi connectivity index (χ1v) is 15.1. The number of hydrogen-bond acceptors (Lipinski definition) is 6. The third kappa shape index (κ3) is 4.84. The van der Waals surface area contributed by atoms with E-state index in [2.05, 4.69) is 4.74 Å². The van der Waals surface area contributed by atoms with Crippen LogP contribution in [0.3, 0.4) is 0 Å². The van der Waals surface area contributed by atoms with Gasteiger partial charge in [-0.3, -0.25) is 29.0 Å². The number of phenolic OH excluding ortho intramolecular Hbond substituents is 1. The summed E-state index contributed by atoms with van der Waals surface area (Å²) in [7, 11) is 0. The highest BCUT2D eigenvalue weighted by Crippen LogP contribution is 2.59. The van der Waals surface area contributed by atoms with Crippen molar-refractivity contribution >= 4 is 58.2 Å². The fraction of sp³-hybridized carbons (Fsp3) is 0.273. The molecule has 1 N–H and O–H groups in total. The molecule has 1 saturated carbocycles. The van der Waals surface area contributed by atoms with Gasteiger partial charge in [0, 0.05) is 21.5 Å². The summed E-state index contributed by atoms with van der Waals surface area (Å²) in [5.41, 5.74) is 1.02. The molecule has 0 spiro atoms. The minimum absolute atomic E-state index is 0.0375. The standard InChI is InChI=1S/C33H23Cl2F3N2O6/c34-15-1-5-17(6-2-15)39-29(42)21-11-10-20-22(27(21)31(39)44)14-24-28(32(45)40(30(24)43)18-7-3-16(35)4-8-18)26(20)23-13-19(9-12-25(23)41)46-33(36,37)38/h1-10,12-13,21-22,24,26-28,41H,11,14H2. The number of anilines is 2. The Labute approximate surface area is 269 Å². The maximum Gasteiger partial charge on any atom is 0.573 e. The fourth-order valence-electron chi connectivity index (χ4n) is 7.60. The third-order valence-corrected chi connectivity index (χ3v) is 9.89. The number of amides is 4. The minimum Gasteiger partial charge on any atom is -0.508 e. The molecule has 46 heavy (non-hydrogen) atoms. The Kier molecular flexibility index (Phi) is 7.17. The molecule has 2 aliphatic heterocycles. The molecule has 0 aromatic heterocycles. The highest BCUT2D eigenvalue weighted by Gasteiger charge is 2.62. The number of carbonyl (C=O) groups is 4. The van der Waals surface area contributed by atoms with Crippen LogP contribution in [-0.2, 0) is 19.2 Å². The number of fused-ring (bicyclic) bond motifs is 4. The van der Waals surface area contributed by atoms with Crippen LogP contribution >= 0.6 is 23.2 Å². The van der Waals surface area contributed by atoms with E-state index in [0.717, 1.165) is 28.0 Å². The summed E-state index contributed by atoms with van der Waals surface area (Å²) in [6.07, 6.45) is -3.16. The molecule has 3 fully saturated rings. The van der Waals surface area contributed by atoms with Crippen LogP contribution in [0.25, 0.3) is 0 Å². The molecule has 6 atom stereocenters. The van der Waals surface area contributed by atoms with Crippen LogP contribution in [0.2, 0.25) is 10.0 Å². The lowest BCUT2D eigenvalue weighted by Gasteiger charge is -2.44. The Morgan fingerprint density at radius 3 is 1.83 bits per heavy atom. The van der Waals surface area contributed by atoms with E-state index in [0.29, 0.717) is 21.3 Å². The van der Waals surface area contributed by atoms with Gasteiger partial charge in [0.2, 0.25) is 23.6 Å². The number of carbonyl (C=O) groups excluding carboxylic acids is 4. The SMILES string of the molecule is O=C1C2CC=C3C(CC4C(=O)N(c5ccc(Cl)cc5)C(=O)C4C3c3cc(OC(F)(F)F)ccc3O)C2C(=O)N1c1ccc(Cl)cc1. The second-order valence-electron chi connectivity index (χ2n) is 11.8. The zero-order valence-corrected chi connectivity index (χ0v) is 25.1. The van der Waals surface area contributed by atoms with E-state index in [9.17, 15) is 37.5 Å². The lowest BCUT2D eigenvalue weighted by molar-refractivity contribution is -0.274.